The average Bonchev–Trinajstić information content (AvgIpc) is 2.45. The first-order chi connectivity index (χ1) is 8.85. The number of nitriles is 1. The van der Waals surface area contributed by atoms with E-state index in [1.54, 1.807) is 0 Å². The van der Waals surface area contributed by atoms with Gasteiger partial charge in [0.05, 0.1) is 11.6 Å². The SMILES string of the molecule is CCCCc1cc(C#N)ccc1-c1ccccc1. The molecule has 0 aromatic heterocycles. The summed E-state index contributed by atoms with van der Waals surface area (Å²) in [6, 6.07) is 18.6. The molecule has 0 aliphatic heterocycles. The predicted molar refractivity (Wildman–Crippen MR) is 75.2 cm³/mol. The summed E-state index contributed by atoms with van der Waals surface area (Å²) in [5.41, 5.74) is 4.51. The summed E-state index contributed by atoms with van der Waals surface area (Å²) >= 11 is 0. The molecule has 0 bridgehead atoms. The molecule has 2 rings (SSSR count). The highest BCUT2D eigenvalue weighted by atomic mass is 14.2. The highest BCUT2D eigenvalue weighted by Crippen LogP contribution is 2.25. The summed E-state index contributed by atoms with van der Waals surface area (Å²) in [7, 11) is 0. The molecule has 2 aromatic carbocycles. The summed E-state index contributed by atoms with van der Waals surface area (Å²) in [6.07, 6.45) is 3.37. The second kappa shape index (κ2) is 6.02. The van der Waals surface area contributed by atoms with Crippen molar-refractivity contribution in [2.45, 2.75) is 26.2 Å². The van der Waals surface area contributed by atoms with Crippen LogP contribution in [-0.4, -0.2) is 0 Å². The van der Waals surface area contributed by atoms with Gasteiger partial charge in [0.25, 0.3) is 0 Å². The normalized spacial score (nSPS) is 10.0. The molecule has 0 spiro atoms. The third kappa shape index (κ3) is 2.78. The Morgan fingerprint density at radius 3 is 2.50 bits per heavy atom. The van der Waals surface area contributed by atoms with Gasteiger partial charge in [-0.3, -0.25) is 0 Å². The number of nitrogens with zero attached hydrogens (tertiary/aromatic N) is 1. The van der Waals surface area contributed by atoms with Crippen LogP contribution in [0.15, 0.2) is 48.5 Å². The van der Waals surface area contributed by atoms with E-state index >= 15 is 0 Å². The number of unbranched alkanes of at least 4 members (excludes halogenated alkanes) is 1. The first-order valence-corrected chi connectivity index (χ1v) is 6.43. The number of rotatable bonds is 4. The summed E-state index contributed by atoms with van der Waals surface area (Å²) in [5, 5.41) is 9.00. The Balaban J connectivity index is 2.43. The molecule has 0 unspecified atom stereocenters. The van der Waals surface area contributed by atoms with Crippen LogP contribution in [0.1, 0.15) is 30.9 Å². The molecule has 0 saturated heterocycles. The molecule has 1 heteroatoms. The second-order valence-corrected chi connectivity index (χ2v) is 4.45. The maximum absolute atomic E-state index is 9.00. The Morgan fingerprint density at radius 1 is 1.06 bits per heavy atom. The average molecular weight is 235 g/mol. The van der Waals surface area contributed by atoms with E-state index in [1.807, 2.05) is 18.2 Å². The van der Waals surface area contributed by atoms with Crippen LogP contribution < -0.4 is 0 Å². The van der Waals surface area contributed by atoms with Crippen molar-refractivity contribution < 1.29 is 0 Å². The van der Waals surface area contributed by atoms with Gasteiger partial charge >= 0.3 is 0 Å². The van der Waals surface area contributed by atoms with Crippen LogP contribution in [0.5, 0.6) is 0 Å². The lowest BCUT2D eigenvalue weighted by Gasteiger charge is -2.10. The van der Waals surface area contributed by atoms with Gasteiger partial charge < -0.3 is 0 Å². The van der Waals surface area contributed by atoms with E-state index in [1.165, 1.54) is 23.1 Å². The van der Waals surface area contributed by atoms with Crippen LogP contribution in [-0.2, 0) is 6.42 Å². The molecule has 0 fully saturated rings. The molecule has 0 N–H and O–H groups in total. The van der Waals surface area contributed by atoms with Gasteiger partial charge in [-0.25, -0.2) is 0 Å². The largest absolute Gasteiger partial charge is 0.192 e. The van der Waals surface area contributed by atoms with Crippen LogP contribution in [0.25, 0.3) is 11.1 Å². The molecule has 0 aliphatic rings. The number of hydrogen-bond acceptors (Lipinski definition) is 1. The molecule has 1 nitrogen and oxygen atoms in total. The Labute approximate surface area is 109 Å². The summed E-state index contributed by atoms with van der Waals surface area (Å²) < 4.78 is 0. The van der Waals surface area contributed by atoms with E-state index in [2.05, 4.69) is 43.3 Å². The Hall–Kier alpha value is -2.07. The molecule has 0 atom stereocenters. The monoisotopic (exact) mass is 235 g/mol. The fraction of sp³-hybridized carbons (Fsp3) is 0.235. The van der Waals surface area contributed by atoms with Gasteiger partial charge in [0.15, 0.2) is 0 Å². The summed E-state index contributed by atoms with van der Waals surface area (Å²) in [6.45, 7) is 2.19. The molecule has 0 radical (unpaired) electrons. The van der Waals surface area contributed by atoms with Crippen molar-refractivity contribution >= 4 is 0 Å². The van der Waals surface area contributed by atoms with Crippen LogP contribution >= 0.6 is 0 Å². The smallest absolute Gasteiger partial charge is 0.0991 e. The van der Waals surface area contributed by atoms with Crippen molar-refractivity contribution in [3.8, 4) is 17.2 Å². The van der Waals surface area contributed by atoms with E-state index < -0.39 is 0 Å². The highest BCUT2D eigenvalue weighted by molar-refractivity contribution is 5.68. The lowest BCUT2D eigenvalue weighted by molar-refractivity contribution is 0.796. The third-order valence-electron chi connectivity index (χ3n) is 3.12. The lowest BCUT2D eigenvalue weighted by Crippen LogP contribution is -1.92. The van der Waals surface area contributed by atoms with Crippen LogP contribution in [0, 0.1) is 11.3 Å². The first kappa shape index (κ1) is 12.4. The zero-order valence-corrected chi connectivity index (χ0v) is 10.7. The van der Waals surface area contributed by atoms with Crippen LogP contribution in [0.4, 0.5) is 0 Å². The van der Waals surface area contributed by atoms with Gasteiger partial charge in [0, 0.05) is 0 Å². The number of benzene rings is 2. The summed E-state index contributed by atoms with van der Waals surface area (Å²) in [5.74, 6) is 0. The minimum absolute atomic E-state index is 0.751. The summed E-state index contributed by atoms with van der Waals surface area (Å²) in [4.78, 5) is 0. The fourth-order valence-electron chi connectivity index (χ4n) is 2.14. The molecule has 2 aromatic rings. The van der Waals surface area contributed by atoms with Gasteiger partial charge in [-0.15, -0.1) is 0 Å². The second-order valence-electron chi connectivity index (χ2n) is 4.45. The third-order valence-corrected chi connectivity index (χ3v) is 3.12. The molecule has 0 amide bonds. The molecule has 18 heavy (non-hydrogen) atoms. The van der Waals surface area contributed by atoms with Gasteiger partial charge in [-0.2, -0.15) is 5.26 Å². The van der Waals surface area contributed by atoms with Crippen molar-refractivity contribution in [1.29, 1.82) is 5.26 Å². The Kier molecular flexibility index (Phi) is 4.15. The number of hydrogen-bond donors (Lipinski definition) is 0. The predicted octanol–water partition coefficient (Wildman–Crippen LogP) is 4.57. The van der Waals surface area contributed by atoms with Crippen molar-refractivity contribution in [3.63, 3.8) is 0 Å². The van der Waals surface area contributed by atoms with Crippen molar-refractivity contribution in [3.05, 3.63) is 59.7 Å². The standard InChI is InChI=1S/C17H17N/c1-2-3-7-16-12-14(13-18)10-11-17(16)15-8-5-4-6-9-15/h4-6,8-12H,2-3,7H2,1H3. The topological polar surface area (TPSA) is 23.8 Å². The zero-order valence-electron chi connectivity index (χ0n) is 10.7. The molecular formula is C17H17N. The van der Waals surface area contributed by atoms with Crippen molar-refractivity contribution in [1.82, 2.24) is 0 Å². The van der Waals surface area contributed by atoms with E-state index in [9.17, 15) is 0 Å². The maximum Gasteiger partial charge on any atom is 0.0991 e. The van der Waals surface area contributed by atoms with E-state index in [0.29, 0.717) is 0 Å². The van der Waals surface area contributed by atoms with Crippen LogP contribution in [0.2, 0.25) is 0 Å². The molecule has 0 aliphatic carbocycles. The highest BCUT2D eigenvalue weighted by Gasteiger charge is 2.05. The van der Waals surface area contributed by atoms with Gasteiger partial charge in [0.1, 0.15) is 0 Å². The van der Waals surface area contributed by atoms with E-state index in [0.717, 1.165) is 18.4 Å². The van der Waals surface area contributed by atoms with Gasteiger partial charge in [-0.05, 0) is 41.7 Å². The van der Waals surface area contributed by atoms with Crippen molar-refractivity contribution in [2.24, 2.45) is 0 Å². The van der Waals surface area contributed by atoms with Crippen LogP contribution in [0.3, 0.4) is 0 Å². The van der Waals surface area contributed by atoms with Gasteiger partial charge in [-0.1, -0.05) is 49.7 Å². The minimum atomic E-state index is 0.751. The Morgan fingerprint density at radius 2 is 1.83 bits per heavy atom. The minimum Gasteiger partial charge on any atom is -0.192 e. The zero-order chi connectivity index (χ0) is 12.8. The quantitative estimate of drug-likeness (QED) is 0.761. The lowest BCUT2D eigenvalue weighted by atomic mass is 9.94. The molecule has 0 saturated carbocycles. The Bertz CT molecular complexity index is 550. The first-order valence-electron chi connectivity index (χ1n) is 6.43. The molecule has 90 valence electrons. The fourth-order valence-corrected chi connectivity index (χ4v) is 2.14. The molecular weight excluding hydrogens is 218 g/mol. The molecule has 0 heterocycles. The van der Waals surface area contributed by atoms with Gasteiger partial charge in [0.2, 0.25) is 0 Å². The van der Waals surface area contributed by atoms with Crippen molar-refractivity contribution in [2.75, 3.05) is 0 Å². The number of aryl methyl sites for hydroxylation is 1. The van der Waals surface area contributed by atoms with E-state index in [4.69, 9.17) is 5.26 Å². The maximum atomic E-state index is 9.00. The van der Waals surface area contributed by atoms with E-state index in [-0.39, 0.29) is 0 Å².